The SMILES string of the molecule is CN(C)C(=O)c1nn(C)c2c1CCN(S(C)(=O)=O)C2. The average molecular weight is 286 g/mol. The van der Waals surface area contributed by atoms with Gasteiger partial charge in [-0.05, 0) is 6.42 Å². The largest absolute Gasteiger partial charge is 0.343 e. The number of carbonyl (C=O) groups excluding carboxylic acids is 1. The van der Waals surface area contributed by atoms with Crippen LogP contribution in [0.4, 0.5) is 0 Å². The van der Waals surface area contributed by atoms with Crippen LogP contribution in [0, 0.1) is 0 Å². The van der Waals surface area contributed by atoms with Crippen molar-refractivity contribution < 1.29 is 13.2 Å². The summed E-state index contributed by atoms with van der Waals surface area (Å²) in [5.41, 5.74) is 2.08. The molecule has 0 atom stereocenters. The van der Waals surface area contributed by atoms with Crippen LogP contribution in [-0.2, 0) is 30.0 Å². The zero-order valence-corrected chi connectivity index (χ0v) is 12.4. The predicted molar refractivity (Wildman–Crippen MR) is 70.2 cm³/mol. The lowest BCUT2D eigenvalue weighted by atomic mass is 10.1. The van der Waals surface area contributed by atoms with E-state index in [9.17, 15) is 13.2 Å². The van der Waals surface area contributed by atoms with Crippen LogP contribution >= 0.6 is 0 Å². The first-order valence-electron chi connectivity index (χ1n) is 5.93. The fourth-order valence-corrected chi connectivity index (χ4v) is 2.99. The molecule has 0 aromatic carbocycles. The standard InChI is InChI=1S/C11H18N4O3S/c1-13(2)11(16)10-8-5-6-15(19(4,17)18)7-9(8)14(3)12-10/h5-7H2,1-4H3. The summed E-state index contributed by atoms with van der Waals surface area (Å²) in [7, 11) is 1.87. The van der Waals surface area contributed by atoms with Crippen molar-refractivity contribution in [2.75, 3.05) is 26.9 Å². The third kappa shape index (κ3) is 2.50. The lowest BCUT2D eigenvalue weighted by Gasteiger charge is -2.25. The van der Waals surface area contributed by atoms with Crippen LogP contribution in [0.5, 0.6) is 0 Å². The van der Waals surface area contributed by atoms with E-state index in [4.69, 9.17) is 0 Å². The molecule has 2 heterocycles. The van der Waals surface area contributed by atoms with Gasteiger partial charge in [0.15, 0.2) is 5.69 Å². The first-order valence-corrected chi connectivity index (χ1v) is 7.78. The second-order valence-corrected chi connectivity index (χ2v) is 6.93. The van der Waals surface area contributed by atoms with Crippen LogP contribution in [0.2, 0.25) is 0 Å². The molecule has 0 bridgehead atoms. The van der Waals surface area contributed by atoms with Gasteiger partial charge < -0.3 is 4.90 Å². The fraction of sp³-hybridized carbons (Fsp3) is 0.636. The Morgan fingerprint density at radius 1 is 1.37 bits per heavy atom. The van der Waals surface area contributed by atoms with Crippen molar-refractivity contribution in [1.82, 2.24) is 19.0 Å². The van der Waals surface area contributed by atoms with Crippen LogP contribution in [-0.4, -0.2) is 60.2 Å². The Balaban J connectivity index is 2.41. The van der Waals surface area contributed by atoms with E-state index in [-0.39, 0.29) is 12.5 Å². The van der Waals surface area contributed by atoms with Gasteiger partial charge in [0, 0.05) is 33.3 Å². The molecule has 8 heteroatoms. The summed E-state index contributed by atoms with van der Waals surface area (Å²) in [6.07, 6.45) is 1.71. The fourth-order valence-electron chi connectivity index (χ4n) is 2.21. The van der Waals surface area contributed by atoms with Gasteiger partial charge in [-0.2, -0.15) is 9.40 Å². The van der Waals surface area contributed by atoms with E-state index in [1.165, 1.54) is 15.5 Å². The van der Waals surface area contributed by atoms with Crippen LogP contribution in [0.3, 0.4) is 0 Å². The van der Waals surface area contributed by atoms with Crippen molar-refractivity contribution in [3.05, 3.63) is 17.0 Å². The highest BCUT2D eigenvalue weighted by molar-refractivity contribution is 7.88. The maximum atomic E-state index is 12.0. The number of hydrogen-bond acceptors (Lipinski definition) is 4. The minimum Gasteiger partial charge on any atom is -0.343 e. The minimum absolute atomic E-state index is 0.148. The van der Waals surface area contributed by atoms with E-state index >= 15 is 0 Å². The monoisotopic (exact) mass is 286 g/mol. The van der Waals surface area contributed by atoms with E-state index in [1.807, 2.05) is 0 Å². The van der Waals surface area contributed by atoms with Gasteiger partial charge >= 0.3 is 0 Å². The van der Waals surface area contributed by atoms with Gasteiger partial charge in [0.25, 0.3) is 5.91 Å². The molecule has 0 saturated heterocycles. The van der Waals surface area contributed by atoms with Crippen LogP contribution in [0.15, 0.2) is 0 Å². The molecular formula is C11H18N4O3S. The van der Waals surface area contributed by atoms with Gasteiger partial charge in [-0.25, -0.2) is 8.42 Å². The minimum atomic E-state index is -3.22. The molecule has 0 spiro atoms. The Labute approximate surface area is 112 Å². The number of carbonyl (C=O) groups is 1. The van der Waals surface area contributed by atoms with Gasteiger partial charge in [0.1, 0.15) is 0 Å². The highest BCUT2D eigenvalue weighted by Crippen LogP contribution is 2.24. The summed E-state index contributed by atoms with van der Waals surface area (Å²) < 4.78 is 26.2. The smallest absolute Gasteiger partial charge is 0.274 e. The van der Waals surface area contributed by atoms with Crippen molar-refractivity contribution in [2.45, 2.75) is 13.0 Å². The van der Waals surface area contributed by atoms with Crippen molar-refractivity contribution in [3.8, 4) is 0 Å². The van der Waals surface area contributed by atoms with Crippen LogP contribution in [0.1, 0.15) is 21.7 Å². The molecule has 106 valence electrons. The molecule has 1 aliphatic rings. The number of rotatable bonds is 2. The molecule has 0 unspecified atom stereocenters. The topological polar surface area (TPSA) is 75.5 Å². The van der Waals surface area contributed by atoms with Crippen molar-refractivity contribution in [3.63, 3.8) is 0 Å². The van der Waals surface area contributed by atoms with E-state index in [1.54, 1.807) is 25.8 Å². The first-order chi connectivity index (χ1) is 8.71. The molecule has 0 N–H and O–H groups in total. The Hall–Kier alpha value is -1.41. The second-order valence-electron chi connectivity index (χ2n) is 4.94. The molecule has 1 aromatic rings. The summed E-state index contributed by atoms with van der Waals surface area (Å²) in [5, 5.41) is 4.23. The van der Waals surface area contributed by atoms with Crippen molar-refractivity contribution >= 4 is 15.9 Å². The molecular weight excluding hydrogens is 268 g/mol. The number of nitrogens with zero attached hydrogens (tertiary/aromatic N) is 4. The molecule has 1 aromatic heterocycles. The number of amides is 1. The van der Waals surface area contributed by atoms with Crippen molar-refractivity contribution in [1.29, 1.82) is 0 Å². The quantitative estimate of drug-likeness (QED) is 0.730. The van der Waals surface area contributed by atoms with Gasteiger partial charge in [-0.3, -0.25) is 9.48 Å². The summed E-state index contributed by atoms with van der Waals surface area (Å²) >= 11 is 0. The van der Waals surface area contributed by atoms with E-state index in [0.29, 0.717) is 18.7 Å². The van der Waals surface area contributed by atoms with E-state index in [2.05, 4.69) is 5.10 Å². The first kappa shape index (κ1) is 14.0. The zero-order valence-electron chi connectivity index (χ0n) is 11.5. The number of sulfonamides is 1. The van der Waals surface area contributed by atoms with Gasteiger partial charge in [0.2, 0.25) is 10.0 Å². The Morgan fingerprint density at radius 3 is 2.53 bits per heavy atom. The molecule has 0 aliphatic carbocycles. The number of aromatic nitrogens is 2. The molecule has 7 nitrogen and oxygen atoms in total. The predicted octanol–water partition coefficient (Wildman–Crippen LogP) is -0.560. The summed E-state index contributed by atoms with van der Waals surface area (Å²) in [6, 6.07) is 0. The summed E-state index contributed by atoms with van der Waals surface area (Å²) in [6.45, 7) is 0.670. The molecule has 0 radical (unpaired) electrons. The van der Waals surface area contributed by atoms with E-state index < -0.39 is 10.0 Å². The Kier molecular flexibility index (Phi) is 3.40. The molecule has 1 aliphatic heterocycles. The normalized spacial score (nSPS) is 16.2. The highest BCUT2D eigenvalue weighted by atomic mass is 32.2. The number of fused-ring (bicyclic) bond motifs is 1. The third-order valence-electron chi connectivity index (χ3n) is 3.29. The number of hydrogen-bond donors (Lipinski definition) is 0. The third-order valence-corrected chi connectivity index (χ3v) is 4.54. The Morgan fingerprint density at radius 2 is 2.00 bits per heavy atom. The zero-order chi connectivity index (χ0) is 14.4. The van der Waals surface area contributed by atoms with Gasteiger partial charge in [-0.1, -0.05) is 0 Å². The molecule has 1 amide bonds. The highest BCUT2D eigenvalue weighted by Gasteiger charge is 2.30. The summed E-state index contributed by atoms with van der Waals surface area (Å²) in [5.74, 6) is -0.148. The summed E-state index contributed by atoms with van der Waals surface area (Å²) in [4.78, 5) is 13.5. The van der Waals surface area contributed by atoms with Crippen molar-refractivity contribution in [2.24, 2.45) is 7.05 Å². The van der Waals surface area contributed by atoms with Gasteiger partial charge in [0.05, 0.1) is 18.5 Å². The maximum Gasteiger partial charge on any atom is 0.274 e. The molecule has 0 saturated carbocycles. The Bertz CT molecular complexity index is 618. The van der Waals surface area contributed by atoms with Crippen LogP contribution in [0.25, 0.3) is 0 Å². The van der Waals surface area contributed by atoms with E-state index in [0.717, 1.165) is 11.3 Å². The lowest BCUT2D eigenvalue weighted by Crippen LogP contribution is -2.36. The lowest BCUT2D eigenvalue weighted by molar-refractivity contribution is 0.0820. The van der Waals surface area contributed by atoms with Crippen LogP contribution < -0.4 is 0 Å². The molecule has 0 fully saturated rings. The molecule has 2 rings (SSSR count). The second kappa shape index (κ2) is 4.61. The van der Waals surface area contributed by atoms with Gasteiger partial charge in [-0.15, -0.1) is 0 Å². The number of aryl methyl sites for hydroxylation is 1. The molecule has 19 heavy (non-hydrogen) atoms. The maximum absolute atomic E-state index is 12.0. The average Bonchev–Trinajstić information content (AvgIpc) is 2.64.